The van der Waals surface area contributed by atoms with Gasteiger partial charge in [0, 0.05) is 10.6 Å². The average molecular weight is 160 g/mol. The largest absolute Gasteiger partial charge is 0.401 e. The molecule has 0 heterocycles. The van der Waals surface area contributed by atoms with Gasteiger partial charge in [-0.15, -0.1) is 0 Å². The highest BCUT2D eigenvalue weighted by Crippen LogP contribution is 2.21. The lowest BCUT2D eigenvalue weighted by Gasteiger charge is -2.10. The number of hydrogen-bond acceptors (Lipinski definition) is 3. The summed E-state index contributed by atoms with van der Waals surface area (Å²) >= 11 is 1.27. The SMILES string of the molecule is CC/C(N)=C(/SN)C(C)C. The standard InChI is InChI=1S/C7H16N2S/c1-4-6(8)7(10-9)5(2)3/h5H,4,8-9H2,1-3H3/b7-6-. The van der Waals surface area contributed by atoms with E-state index in [1.165, 1.54) is 11.9 Å². The fraction of sp³-hybridized carbons (Fsp3) is 0.714. The van der Waals surface area contributed by atoms with Gasteiger partial charge in [-0.25, -0.2) is 0 Å². The van der Waals surface area contributed by atoms with Crippen LogP contribution in [0.1, 0.15) is 27.2 Å². The van der Waals surface area contributed by atoms with Crippen LogP contribution >= 0.6 is 11.9 Å². The minimum absolute atomic E-state index is 0.454. The van der Waals surface area contributed by atoms with Gasteiger partial charge in [0.1, 0.15) is 0 Å². The molecule has 0 amide bonds. The smallest absolute Gasteiger partial charge is 0.0213 e. The van der Waals surface area contributed by atoms with Gasteiger partial charge in [-0.1, -0.05) is 32.7 Å². The predicted octanol–water partition coefficient (Wildman–Crippen LogP) is 1.83. The molecule has 0 radical (unpaired) electrons. The molecule has 0 saturated carbocycles. The second-order valence-corrected chi connectivity index (χ2v) is 3.19. The maximum absolute atomic E-state index is 5.71. The van der Waals surface area contributed by atoms with Gasteiger partial charge in [-0.2, -0.15) is 0 Å². The van der Waals surface area contributed by atoms with Crippen molar-refractivity contribution in [3.05, 3.63) is 10.6 Å². The minimum Gasteiger partial charge on any atom is -0.401 e. The van der Waals surface area contributed by atoms with E-state index < -0.39 is 0 Å². The third-order valence-electron chi connectivity index (χ3n) is 1.35. The molecule has 0 aliphatic heterocycles. The first-order chi connectivity index (χ1) is 4.63. The van der Waals surface area contributed by atoms with Gasteiger partial charge in [0.25, 0.3) is 0 Å². The molecule has 0 aliphatic rings. The van der Waals surface area contributed by atoms with Gasteiger partial charge in [0.05, 0.1) is 0 Å². The van der Waals surface area contributed by atoms with E-state index in [1.54, 1.807) is 0 Å². The predicted molar refractivity (Wildman–Crippen MR) is 48.1 cm³/mol. The molecule has 0 atom stereocenters. The van der Waals surface area contributed by atoms with Crippen molar-refractivity contribution in [2.45, 2.75) is 27.2 Å². The molecule has 60 valence electrons. The van der Waals surface area contributed by atoms with E-state index >= 15 is 0 Å². The zero-order chi connectivity index (χ0) is 8.15. The van der Waals surface area contributed by atoms with E-state index in [1.807, 2.05) is 6.92 Å². The zero-order valence-corrected chi connectivity index (χ0v) is 7.66. The van der Waals surface area contributed by atoms with Gasteiger partial charge in [0.15, 0.2) is 0 Å². The van der Waals surface area contributed by atoms with E-state index in [4.69, 9.17) is 10.9 Å². The first kappa shape index (κ1) is 9.85. The molecule has 0 rings (SSSR count). The van der Waals surface area contributed by atoms with Crippen molar-refractivity contribution in [1.29, 1.82) is 0 Å². The summed E-state index contributed by atoms with van der Waals surface area (Å²) in [5.41, 5.74) is 6.63. The van der Waals surface area contributed by atoms with Gasteiger partial charge in [-0.05, 0) is 12.3 Å². The Morgan fingerprint density at radius 1 is 1.50 bits per heavy atom. The molecule has 4 N–H and O–H groups in total. The molecular weight excluding hydrogens is 144 g/mol. The van der Waals surface area contributed by atoms with E-state index in [9.17, 15) is 0 Å². The molecule has 0 saturated heterocycles. The van der Waals surface area contributed by atoms with Crippen molar-refractivity contribution in [2.75, 3.05) is 0 Å². The topological polar surface area (TPSA) is 52.0 Å². The fourth-order valence-corrected chi connectivity index (χ4v) is 1.32. The third-order valence-corrected chi connectivity index (χ3v) is 2.34. The normalized spacial score (nSPS) is 13.7. The number of rotatable bonds is 3. The van der Waals surface area contributed by atoms with Crippen molar-refractivity contribution in [3.8, 4) is 0 Å². The van der Waals surface area contributed by atoms with Crippen LogP contribution in [0.3, 0.4) is 0 Å². The highest BCUT2D eigenvalue weighted by molar-refractivity contribution is 8.00. The molecular formula is C7H16N2S. The maximum atomic E-state index is 5.71. The van der Waals surface area contributed by atoms with Crippen molar-refractivity contribution >= 4 is 11.9 Å². The molecule has 0 aliphatic carbocycles. The van der Waals surface area contributed by atoms with E-state index in [0.29, 0.717) is 5.92 Å². The Kier molecular flexibility index (Phi) is 4.56. The summed E-state index contributed by atoms with van der Waals surface area (Å²) in [7, 11) is 0. The fourth-order valence-electron chi connectivity index (χ4n) is 0.757. The second kappa shape index (κ2) is 4.63. The molecule has 0 spiro atoms. The van der Waals surface area contributed by atoms with Crippen molar-refractivity contribution < 1.29 is 0 Å². The first-order valence-electron chi connectivity index (χ1n) is 3.48. The van der Waals surface area contributed by atoms with Crippen LogP contribution in [0, 0.1) is 5.92 Å². The molecule has 2 nitrogen and oxygen atoms in total. The van der Waals surface area contributed by atoms with Crippen LogP contribution in [0.15, 0.2) is 10.6 Å². The van der Waals surface area contributed by atoms with Crippen LogP contribution in [0.4, 0.5) is 0 Å². The number of hydrogen-bond donors (Lipinski definition) is 2. The molecule has 0 unspecified atom stereocenters. The summed E-state index contributed by atoms with van der Waals surface area (Å²) in [6, 6.07) is 0. The number of nitrogens with two attached hydrogens (primary N) is 2. The monoisotopic (exact) mass is 160 g/mol. The quantitative estimate of drug-likeness (QED) is 0.619. The minimum atomic E-state index is 0.454. The summed E-state index contributed by atoms with van der Waals surface area (Å²) in [5, 5.41) is 5.43. The van der Waals surface area contributed by atoms with Crippen molar-refractivity contribution in [2.24, 2.45) is 16.8 Å². The number of allylic oxidation sites excluding steroid dienone is 2. The summed E-state index contributed by atoms with van der Waals surface area (Å²) < 4.78 is 0. The Bertz CT molecular complexity index is 130. The van der Waals surface area contributed by atoms with Crippen LogP contribution in [0.5, 0.6) is 0 Å². The molecule has 0 aromatic carbocycles. The Hall–Kier alpha value is -0.150. The highest BCUT2D eigenvalue weighted by atomic mass is 32.2. The van der Waals surface area contributed by atoms with Gasteiger partial charge >= 0.3 is 0 Å². The van der Waals surface area contributed by atoms with Crippen LogP contribution < -0.4 is 10.9 Å². The van der Waals surface area contributed by atoms with Crippen LogP contribution in [-0.4, -0.2) is 0 Å². The zero-order valence-electron chi connectivity index (χ0n) is 6.85. The lowest BCUT2D eigenvalue weighted by Crippen LogP contribution is -2.05. The molecule has 3 heteroatoms. The Morgan fingerprint density at radius 2 is 2.00 bits per heavy atom. The molecule has 0 aromatic rings. The van der Waals surface area contributed by atoms with Crippen molar-refractivity contribution in [1.82, 2.24) is 0 Å². The summed E-state index contributed by atoms with van der Waals surface area (Å²) in [6.07, 6.45) is 0.887. The summed E-state index contributed by atoms with van der Waals surface area (Å²) in [4.78, 5) is 1.11. The van der Waals surface area contributed by atoms with E-state index in [2.05, 4.69) is 13.8 Å². The second-order valence-electron chi connectivity index (χ2n) is 2.52. The summed E-state index contributed by atoms with van der Waals surface area (Å²) in [6.45, 7) is 6.23. The van der Waals surface area contributed by atoms with Gasteiger partial charge in [0.2, 0.25) is 0 Å². The lowest BCUT2D eigenvalue weighted by molar-refractivity contribution is 0.794. The van der Waals surface area contributed by atoms with Crippen LogP contribution in [-0.2, 0) is 0 Å². The first-order valence-corrected chi connectivity index (χ1v) is 4.36. The Balaban J connectivity index is 4.29. The van der Waals surface area contributed by atoms with Crippen molar-refractivity contribution in [3.63, 3.8) is 0 Å². The average Bonchev–Trinajstić information content (AvgIpc) is 1.88. The van der Waals surface area contributed by atoms with Crippen LogP contribution in [0.25, 0.3) is 0 Å². The molecule has 0 aromatic heterocycles. The van der Waals surface area contributed by atoms with Gasteiger partial charge in [-0.3, -0.25) is 5.14 Å². The van der Waals surface area contributed by atoms with E-state index in [0.717, 1.165) is 17.0 Å². The molecule has 10 heavy (non-hydrogen) atoms. The molecule has 0 fully saturated rings. The lowest BCUT2D eigenvalue weighted by atomic mass is 10.1. The maximum Gasteiger partial charge on any atom is 0.0213 e. The Labute approximate surface area is 67.2 Å². The van der Waals surface area contributed by atoms with Crippen LogP contribution in [0.2, 0.25) is 0 Å². The highest BCUT2D eigenvalue weighted by Gasteiger charge is 2.05. The molecule has 0 bridgehead atoms. The van der Waals surface area contributed by atoms with E-state index in [-0.39, 0.29) is 0 Å². The van der Waals surface area contributed by atoms with Gasteiger partial charge < -0.3 is 5.73 Å². The third kappa shape index (κ3) is 2.62. The summed E-state index contributed by atoms with van der Waals surface area (Å²) in [5.74, 6) is 0.454. The Morgan fingerprint density at radius 3 is 2.10 bits per heavy atom.